The highest BCUT2D eigenvalue weighted by atomic mass is 17.1. The molecule has 0 radical (unpaired) electrons. The first-order chi connectivity index (χ1) is 4.68. The Labute approximate surface area is 61.1 Å². The topological polar surface area (TPSA) is 58.6 Å². The Bertz CT molecular complexity index is 73.4. The van der Waals surface area contributed by atoms with E-state index in [-0.39, 0.29) is 0 Å². The van der Waals surface area contributed by atoms with Crippen LogP contribution in [-0.4, -0.2) is 24.8 Å². The third-order valence-corrected chi connectivity index (χ3v) is 0.629. The quantitative estimate of drug-likeness (QED) is 0.447. The SMILES string of the molecule is CC(=O)OO.CCCNC. The van der Waals surface area contributed by atoms with Gasteiger partial charge in [0.1, 0.15) is 0 Å². The molecule has 0 rings (SSSR count). The average Bonchev–Trinajstić information content (AvgIpc) is 1.91. The van der Waals surface area contributed by atoms with Crippen molar-refractivity contribution in [3.05, 3.63) is 0 Å². The average molecular weight is 149 g/mol. The van der Waals surface area contributed by atoms with E-state index in [9.17, 15) is 4.79 Å². The predicted molar refractivity (Wildman–Crippen MR) is 38.6 cm³/mol. The van der Waals surface area contributed by atoms with Gasteiger partial charge < -0.3 is 10.2 Å². The first-order valence-corrected chi connectivity index (χ1v) is 3.15. The van der Waals surface area contributed by atoms with Crippen molar-refractivity contribution in [1.29, 1.82) is 0 Å². The van der Waals surface area contributed by atoms with E-state index >= 15 is 0 Å². The van der Waals surface area contributed by atoms with Crippen molar-refractivity contribution < 1.29 is 14.9 Å². The maximum atomic E-state index is 9.34. The van der Waals surface area contributed by atoms with Crippen LogP contribution in [0.1, 0.15) is 20.3 Å². The van der Waals surface area contributed by atoms with Crippen LogP contribution in [0.4, 0.5) is 0 Å². The van der Waals surface area contributed by atoms with E-state index in [4.69, 9.17) is 5.26 Å². The predicted octanol–water partition coefficient (Wildman–Crippen LogP) is 0.638. The molecule has 10 heavy (non-hydrogen) atoms. The Balaban J connectivity index is 0. The van der Waals surface area contributed by atoms with Gasteiger partial charge in [0.2, 0.25) is 0 Å². The van der Waals surface area contributed by atoms with Crippen LogP contribution in [0.5, 0.6) is 0 Å². The zero-order valence-electron chi connectivity index (χ0n) is 6.68. The van der Waals surface area contributed by atoms with E-state index in [1.54, 1.807) is 0 Å². The van der Waals surface area contributed by atoms with Crippen molar-refractivity contribution in [3.63, 3.8) is 0 Å². The van der Waals surface area contributed by atoms with Gasteiger partial charge in [0, 0.05) is 6.92 Å². The van der Waals surface area contributed by atoms with Gasteiger partial charge in [-0.2, -0.15) is 5.26 Å². The Kier molecular flexibility index (Phi) is 13.6. The van der Waals surface area contributed by atoms with Crippen LogP contribution >= 0.6 is 0 Å². The minimum absolute atomic E-state index is 0.690. The normalized spacial score (nSPS) is 7.60. The molecule has 2 N–H and O–H groups in total. The highest BCUT2D eigenvalue weighted by Crippen LogP contribution is 1.62. The molecule has 4 heteroatoms. The zero-order valence-corrected chi connectivity index (χ0v) is 6.68. The van der Waals surface area contributed by atoms with Gasteiger partial charge in [-0.3, -0.25) is 0 Å². The third kappa shape index (κ3) is 26.3. The molecule has 0 aliphatic carbocycles. The Morgan fingerprint density at radius 2 is 2.10 bits per heavy atom. The van der Waals surface area contributed by atoms with Crippen molar-refractivity contribution in [1.82, 2.24) is 5.32 Å². The van der Waals surface area contributed by atoms with E-state index in [0.29, 0.717) is 0 Å². The molecule has 0 unspecified atom stereocenters. The zero-order chi connectivity index (χ0) is 8.41. The summed E-state index contributed by atoms with van der Waals surface area (Å²) in [5, 5.41) is 10.3. The summed E-state index contributed by atoms with van der Waals surface area (Å²) in [4.78, 5) is 12.5. The van der Waals surface area contributed by atoms with Crippen LogP contribution < -0.4 is 5.32 Å². The fourth-order valence-corrected chi connectivity index (χ4v) is 0.250. The second-order valence-corrected chi connectivity index (χ2v) is 1.69. The van der Waals surface area contributed by atoms with Gasteiger partial charge in [-0.05, 0) is 20.0 Å². The lowest BCUT2D eigenvalue weighted by Crippen LogP contribution is -2.04. The van der Waals surface area contributed by atoms with Crippen LogP contribution in [0.3, 0.4) is 0 Å². The van der Waals surface area contributed by atoms with Gasteiger partial charge in [0.25, 0.3) is 0 Å². The number of rotatable bonds is 2. The highest BCUT2D eigenvalue weighted by Gasteiger charge is 1.79. The van der Waals surface area contributed by atoms with E-state index in [2.05, 4.69) is 17.1 Å². The van der Waals surface area contributed by atoms with Crippen molar-refractivity contribution in [2.45, 2.75) is 20.3 Å². The van der Waals surface area contributed by atoms with E-state index in [1.807, 2.05) is 7.05 Å². The lowest BCUT2D eigenvalue weighted by molar-refractivity contribution is -0.231. The lowest BCUT2D eigenvalue weighted by atomic mass is 10.5. The third-order valence-electron chi connectivity index (χ3n) is 0.629. The lowest BCUT2D eigenvalue weighted by Gasteiger charge is -1.84. The molecule has 0 amide bonds. The van der Waals surface area contributed by atoms with Crippen molar-refractivity contribution in [3.8, 4) is 0 Å². The summed E-state index contributed by atoms with van der Waals surface area (Å²) in [5.74, 6) is -0.690. The van der Waals surface area contributed by atoms with E-state index in [0.717, 1.165) is 13.5 Å². The summed E-state index contributed by atoms with van der Waals surface area (Å²) in [6.07, 6.45) is 1.23. The highest BCUT2D eigenvalue weighted by molar-refractivity contribution is 5.64. The number of hydrogen-bond donors (Lipinski definition) is 2. The van der Waals surface area contributed by atoms with E-state index in [1.165, 1.54) is 6.42 Å². The summed E-state index contributed by atoms with van der Waals surface area (Å²) in [7, 11) is 1.96. The van der Waals surface area contributed by atoms with Crippen LogP contribution in [-0.2, 0) is 9.68 Å². The monoisotopic (exact) mass is 149 g/mol. The first-order valence-electron chi connectivity index (χ1n) is 3.15. The van der Waals surface area contributed by atoms with Gasteiger partial charge in [0.05, 0.1) is 0 Å². The maximum Gasteiger partial charge on any atom is 0.339 e. The van der Waals surface area contributed by atoms with Gasteiger partial charge in [-0.15, -0.1) is 0 Å². The molecule has 0 aliphatic rings. The van der Waals surface area contributed by atoms with Gasteiger partial charge in [-0.1, -0.05) is 6.92 Å². The van der Waals surface area contributed by atoms with Crippen molar-refractivity contribution in [2.24, 2.45) is 0 Å². The second-order valence-electron chi connectivity index (χ2n) is 1.69. The number of hydrogen-bond acceptors (Lipinski definition) is 4. The molecule has 0 saturated carbocycles. The smallest absolute Gasteiger partial charge is 0.320 e. The van der Waals surface area contributed by atoms with Crippen LogP contribution in [0.2, 0.25) is 0 Å². The molecule has 4 nitrogen and oxygen atoms in total. The first kappa shape index (κ1) is 12.1. The number of carbonyl (C=O) groups is 1. The Hall–Kier alpha value is -0.610. The van der Waals surface area contributed by atoms with Crippen molar-refractivity contribution >= 4 is 5.97 Å². The van der Waals surface area contributed by atoms with E-state index < -0.39 is 5.97 Å². The molecule has 0 fully saturated rings. The molecule has 0 aromatic rings. The fourth-order valence-electron chi connectivity index (χ4n) is 0.250. The molecular weight excluding hydrogens is 134 g/mol. The number of nitrogens with one attached hydrogen (secondary N) is 1. The van der Waals surface area contributed by atoms with Crippen LogP contribution in [0.25, 0.3) is 0 Å². The maximum absolute atomic E-state index is 9.34. The summed E-state index contributed by atoms with van der Waals surface area (Å²) in [6, 6.07) is 0. The molecular formula is C6H15NO3. The molecule has 0 saturated heterocycles. The standard InChI is InChI=1S/C4H11N.C2H4O3/c1-3-4-5-2;1-2(3)5-4/h5H,3-4H2,1-2H3;4H,1H3. The summed E-state index contributed by atoms with van der Waals surface area (Å²) >= 11 is 0. The minimum atomic E-state index is -0.690. The van der Waals surface area contributed by atoms with Crippen molar-refractivity contribution in [2.75, 3.05) is 13.6 Å². The largest absolute Gasteiger partial charge is 0.339 e. The molecule has 0 aromatic carbocycles. The van der Waals surface area contributed by atoms with Gasteiger partial charge in [-0.25, -0.2) is 4.79 Å². The molecule has 0 heterocycles. The van der Waals surface area contributed by atoms with Crippen LogP contribution in [0, 0.1) is 0 Å². The summed E-state index contributed by atoms with van der Waals surface area (Å²) in [6.45, 7) is 4.40. The number of carbonyl (C=O) groups excluding carboxylic acids is 1. The second kappa shape index (κ2) is 11.2. The Morgan fingerprint density at radius 3 is 2.10 bits per heavy atom. The van der Waals surface area contributed by atoms with Gasteiger partial charge in [0.15, 0.2) is 0 Å². The summed E-state index contributed by atoms with van der Waals surface area (Å²) in [5.41, 5.74) is 0. The molecule has 0 atom stereocenters. The minimum Gasteiger partial charge on any atom is -0.320 e. The molecule has 0 spiro atoms. The van der Waals surface area contributed by atoms with Gasteiger partial charge >= 0.3 is 5.97 Å². The van der Waals surface area contributed by atoms with Crippen LogP contribution in [0.15, 0.2) is 0 Å². The molecule has 0 aromatic heterocycles. The fraction of sp³-hybridized carbons (Fsp3) is 0.833. The summed E-state index contributed by atoms with van der Waals surface area (Å²) < 4.78 is 0. The molecule has 0 bridgehead atoms. The molecule has 0 aliphatic heterocycles. The Morgan fingerprint density at radius 1 is 1.70 bits per heavy atom. The molecule has 62 valence electrons.